The van der Waals surface area contributed by atoms with Crippen LogP contribution in [-0.2, 0) is 0 Å². The van der Waals surface area contributed by atoms with Gasteiger partial charge in [0, 0.05) is 11.5 Å². The molecule has 0 aliphatic carbocycles. The fourth-order valence-corrected chi connectivity index (χ4v) is 1.09. The number of Topliss-reactive ketones (excluding diaryl/α,β-unsaturated/α-hetero) is 1. The average Bonchev–Trinajstić information content (AvgIpc) is 2.17. The van der Waals surface area contributed by atoms with Crippen LogP contribution in [0.15, 0.2) is 24.3 Å². The van der Waals surface area contributed by atoms with Crippen LogP contribution in [0.4, 0.5) is 0 Å². The van der Waals surface area contributed by atoms with E-state index in [4.69, 9.17) is 4.74 Å². The Labute approximate surface area is 78.5 Å². The van der Waals surface area contributed by atoms with E-state index < -0.39 is 0 Å². The predicted molar refractivity (Wildman–Crippen MR) is 52.2 cm³/mol. The van der Waals surface area contributed by atoms with Crippen LogP contribution in [0.1, 0.15) is 24.2 Å². The molecule has 0 saturated carbocycles. The molecule has 0 amide bonds. The summed E-state index contributed by atoms with van der Waals surface area (Å²) in [5.74, 6) is 0.997. The summed E-state index contributed by atoms with van der Waals surface area (Å²) < 4.78 is 5.00. The quantitative estimate of drug-likeness (QED) is 0.665. The molecule has 0 heterocycles. The molecule has 0 N–H and O–H groups in total. The van der Waals surface area contributed by atoms with Crippen molar-refractivity contribution >= 4 is 5.78 Å². The molecule has 1 aromatic carbocycles. The Bertz CT molecular complexity index is 285. The van der Waals surface area contributed by atoms with Crippen LogP contribution in [0.3, 0.4) is 0 Å². The van der Waals surface area contributed by atoms with Gasteiger partial charge in [-0.2, -0.15) is 0 Å². The number of ether oxygens (including phenoxy) is 1. The average molecular weight is 178 g/mol. The van der Waals surface area contributed by atoms with Gasteiger partial charge in [-0.1, -0.05) is 13.8 Å². The summed E-state index contributed by atoms with van der Waals surface area (Å²) in [4.78, 5) is 11.5. The molecule has 0 aliphatic rings. The Morgan fingerprint density at radius 3 is 2.15 bits per heavy atom. The SMILES string of the molecule is COc1ccc(C(=O)C(C)C)cc1. The molecule has 0 spiro atoms. The van der Waals surface area contributed by atoms with E-state index in [-0.39, 0.29) is 11.7 Å². The topological polar surface area (TPSA) is 26.3 Å². The van der Waals surface area contributed by atoms with Crippen molar-refractivity contribution in [2.45, 2.75) is 13.8 Å². The molecule has 0 unspecified atom stereocenters. The zero-order valence-corrected chi connectivity index (χ0v) is 8.20. The number of carbonyl (C=O) groups excluding carboxylic acids is 1. The monoisotopic (exact) mass is 178 g/mol. The van der Waals surface area contributed by atoms with E-state index in [0.717, 1.165) is 11.3 Å². The molecule has 2 heteroatoms. The smallest absolute Gasteiger partial charge is 0.165 e. The fourth-order valence-electron chi connectivity index (χ4n) is 1.09. The minimum atomic E-state index is 0.0494. The summed E-state index contributed by atoms with van der Waals surface area (Å²) >= 11 is 0. The molecule has 1 rings (SSSR count). The van der Waals surface area contributed by atoms with Gasteiger partial charge in [0.05, 0.1) is 7.11 Å². The number of carbonyl (C=O) groups is 1. The first-order valence-electron chi connectivity index (χ1n) is 4.33. The molecular formula is C11H14O2. The molecule has 0 saturated heterocycles. The summed E-state index contributed by atoms with van der Waals surface area (Å²) in [5, 5.41) is 0. The maximum absolute atomic E-state index is 11.5. The first-order chi connectivity index (χ1) is 6.15. The van der Waals surface area contributed by atoms with E-state index in [2.05, 4.69) is 0 Å². The molecule has 0 atom stereocenters. The second kappa shape index (κ2) is 4.08. The first-order valence-corrected chi connectivity index (χ1v) is 4.33. The van der Waals surface area contributed by atoms with Crippen molar-refractivity contribution in [3.8, 4) is 5.75 Å². The Morgan fingerprint density at radius 2 is 1.77 bits per heavy atom. The molecule has 70 valence electrons. The lowest BCUT2D eigenvalue weighted by Gasteiger charge is -2.04. The van der Waals surface area contributed by atoms with Gasteiger partial charge in [0.25, 0.3) is 0 Å². The lowest BCUT2D eigenvalue weighted by atomic mass is 10.0. The van der Waals surface area contributed by atoms with Crippen molar-refractivity contribution in [3.05, 3.63) is 29.8 Å². The molecule has 0 aliphatic heterocycles. The van der Waals surface area contributed by atoms with Crippen molar-refractivity contribution in [1.29, 1.82) is 0 Å². The van der Waals surface area contributed by atoms with Crippen molar-refractivity contribution in [1.82, 2.24) is 0 Å². The summed E-state index contributed by atoms with van der Waals surface area (Å²) in [5.41, 5.74) is 0.746. The van der Waals surface area contributed by atoms with Crippen molar-refractivity contribution in [2.75, 3.05) is 7.11 Å². The fraction of sp³-hybridized carbons (Fsp3) is 0.364. The van der Waals surface area contributed by atoms with Crippen molar-refractivity contribution < 1.29 is 9.53 Å². The standard InChI is InChI=1S/C11H14O2/c1-8(2)11(12)9-4-6-10(13-3)7-5-9/h4-8H,1-3H3. The largest absolute Gasteiger partial charge is 0.497 e. The molecule has 13 heavy (non-hydrogen) atoms. The Hall–Kier alpha value is -1.31. The third-order valence-electron chi connectivity index (χ3n) is 1.90. The van der Waals surface area contributed by atoms with Gasteiger partial charge in [-0.3, -0.25) is 4.79 Å². The minimum Gasteiger partial charge on any atom is -0.497 e. The number of methoxy groups -OCH3 is 1. The van der Waals surface area contributed by atoms with Gasteiger partial charge >= 0.3 is 0 Å². The summed E-state index contributed by atoms with van der Waals surface area (Å²) in [6.45, 7) is 3.79. The van der Waals surface area contributed by atoms with E-state index >= 15 is 0 Å². The third-order valence-corrected chi connectivity index (χ3v) is 1.90. The molecule has 1 aromatic rings. The van der Waals surface area contributed by atoms with Crippen molar-refractivity contribution in [3.63, 3.8) is 0 Å². The van der Waals surface area contributed by atoms with Crippen LogP contribution in [-0.4, -0.2) is 12.9 Å². The second-order valence-electron chi connectivity index (χ2n) is 3.25. The predicted octanol–water partition coefficient (Wildman–Crippen LogP) is 2.53. The summed E-state index contributed by atoms with van der Waals surface area (Å²) in [6.07, 6.45) is 0. The normalized spacial score (nSPS) is 10.2. The van der Waals surface area contributed by atoms with E-state index in [0.29, 0.717) is 0 Å². The highest BCUT2D eigenvalue weighted by atomic mass is 16.5. The van der Waals surface area contributed by atoms with E-state index in [1.807, 2.05) is 13.8 Å². The highest BCUT2D eigenvalue weighted by molar-refractivity contribution is 5.97. The number of hydrogen-bond acceptors (Lipinski definition) is 2. The third kappa shape index (κ3) is 2.31. The minimum absolute atomic E-state index is 0.0494. The second-order valence-corrected chi connectivity index (χ2v) is 3.25. The van der Waals surface area contributed by atoms with Gasteiger partial charge in [-0.25, -0.2) is 0 Å². The maximum atomic E-state index is 11.5. The molecule has 0 aromatic heterocycles. The number of ketones is 1. The summed E-state index contributed by atoms with van der Waals surface area (Å²) in [7, 11) is 1.61. The number of hydrogen-bond donors (Lipinski definition) is 0. The molecule has 0 radical (unpaired) electrons. The number of benzene rings is 1. The molecule has 0 bridgehead atoms. The van der Waals surface area contributed by atoms with Crippen molar-refractivity contribution in [2.24, 2.45) is 5.92 Å². The van der Waals surface area contributed by atoms with Crippen LogP contribution < -0.4 is 4.74 Å². The van der Waals surface area contributed by atoms with E-state index in [9.17, 15) is 4.79 Å². The maximum Gasteiger partial charge on any atom is 0.165 e. The first kappa shape index (κ1) is 9.78. The number of rotatable bonds is 3. The molecular weight excluding hydrogens is 164 g/mol. The lowest BCUT2D eigenvalue weighted by Crippen LogP contribution is -2.06. The van der Waals surface area contributed by atoms with Gasteiger partial charge in [-0.15, -0.1) is 0 Å². The van der Waals surface area contributed by atoms with Gasteiger partial charge in [0.15, 0.2) is 5.78 Å². The van der Waals surface area contributed by atoms with Crippen LogP contribution in [0.25, 0.3) is 0 Å². The zero-order valence-electron chi connectivity index (χ0n) is 8.20. The Balaban J connectivity index is 2.86. The highest BCUT2D eigenvalue weighted by Crippen LogP contribution is 2.14. The van der Waals surface area contributed by atoms with Crippen LogP contribution in [0.5, 0.6) is 5.75 Å². The van der Waals surface area contributed by atoms with Gasteiger partial charge in [-0.05, 0) is 24.3 Å². The molecule has 0 fully saturated rings. The van der Waals surface area contributed by atoms with Gasteiger partial charge in [0.2, 0.25) is 0 Å². The molecule has 2 nitrogen and oxygen atoms in total. The van der Waals surface area contributed by atoms with E-state index in [1.165, 1.54) is 0 Å². The zero-order chi connectivity index (χ0) is 9.84. The lowest BCUT2D eigenvalue weighted by molar-refractivity contribution is 0.0939. The summed E-state index contributed by atoms with van der Waals surface area (Å²) in [6, 6.07) is 7.19. The Kier molecular flexibility index (Phi) is 3.07. The van der Waals surface area contributed by atoms with Crippen LogP contribution in [0.2, 0.25) is 0 Å². The van der Waals surface area contributed by atoms with E-state index in [1.54, 1.807) is 31.4 Å². The van der Waals surface area contributed by atoms with Crippen LogP contribution >= 0.6 is 0 Å². The van der Waals surface area contributed by atoms with Gasteiger partial charge in [0.1, 0.15) is 5.75 Å². The highest BCUT2D eigenvalue weighted by Gasteiger charge is 2.09. The van der Waals surface area contributed by atoms with Gasteiger partial charge < -0.3 is 4.74 Å². The Morgan fingerprint density at radius 1 is 1.23 bits per heavy atom. The van der Waals surface area contributed by atoms with Crippen LogP contribution in [0, 0.1) is 5.92 Å².